The van der Waals surface area contributed by atoms with Gasteiger partial charge in [-0.3, -0.25) is 0 Å². The van der Waals surface area contributed by atoms with E-state index in [2.05, 4.69) is 15.1 Å². The van der Waals surface area contributed by atoms with Crippen LogP contribution in [0.25, 0.3) is 22.5 Å². The Morgan fingerprint density at radius 3 is 2.94 bits per heavy atom. The molecule has 0 saturated carbocycles. The smallest absolute Gasteiger partial charge is 0.274 e. The number of rotatable bonds is 2. The molecule has 6 heteroatoms. The van der Waals surface area contributed by atoms with Gasteiger partial charge in [-0.2, -0.15) is 4.98 Å². The molecule has 92 valence electrons. The molecular formula is C12H12N4O2. The summed E-state index contributed by atoms with van der Waals surface area (Å²) in [5, 5.41) is 14.1. The molecule has 0 aliphatic rings. The number of hydrogen-bond acceptors (Lipinski definition) is 5. The van der Waals surface area contributed by atoms with Gasteiger partial charge >= 0.3 is 0 Å². The van der Waals surface area contributed by atoms with Crippen LogP contribution in [0.1, 0.15) is 18.8 Å². The zero-order valence-electron chi connectivity index (χ0n) is 9.71. The van der Waals surface area contributed by atoms with Crippen molar-refractivity contribution >= 4 is 10.9 Å². The second-order valence-corrected chi connectivity index (χ2v) is 4.20. The van der Waals surface area contributed by atoms with Crippen molar-refractivity contribution in [3.8, 4) is 17.3 Å². The largest absolute Gasteiger partial charge is 0.508 e. The van der Waals surface area contributed by atoms with Gasteiger partial charge in [-0.1, -0.05) is 5.16 Å². The fourth-order valence-corrected chi connectivity index (χ4v) is 1.76. The number of aromatic amines is 1. The molecule has 3 aromatic rings. The third kappa shape index (κ3) is 1.72. The number of aromatic hydroxyl groups is 1. The lowest BCUT2D eigenvalue weighted by Crippen LogP contribution is -2.06. The number of benzene rings is 1. The van der Waals surface area contributed by atoms with Crippen molar-refractivity contribution in [1.82, 2.24) is 15.1 Å². The van der Waals surface area contributed by atoms with Gasteiger partial charge in [0.2, 0.25) is 0 Å². The minimum absolute atomic E-state index is 0.217. The predicted molar refractivity (Wildman–Crippen MR) is 65.9 cm³/mol. The van der Waals surface area contributed by atoms with Crippen molar-refractivity contribution < 1.29 is 9.63 Å². The topological polar surface area (TPSA) is 101 Å². The average Bonchev–Trinajstić information content (AvgIpc) is 2.93. The highest BCUT2D eigenvalue weighted by Gasteiger charge is 2.13. The van der Waals surface area contributed by atoms with Crippen LogP contribution in [-0.2, 0) is 0 Å². The van der Waals surface area contributed by atoms with Crippen LogP contribution in [0, 0.1) is 0 Å². The van der Waals surface area contributed by atoms with Gasteiger partial charge in [0.1, 0.15) is 11.4 Å². The first-order valence-corrected chi connectivity index (χ1v) is 5.55. The Morgan fingerprint density at radius 2 is 2.22 bits per heavy atom. The summed E-state index contributed by atoms with van der Waals surface area (Å²) in [5.74, 6) is 1.07. The molecule has 1 unspecified atom stereocenters. The maximum Gasteiger partial charge on any atom is 0.274 e. The molecule has 6 nitrogen and oxygen atoms in total. The third-order valence-corrected chi connectivity index (χ3v) is 2.68. The molecule has 1 atom stereocenters. The average molecular weight is 244 g/mol. The van der Waals surface area contributed by atoms with E-state index in [9.17, 15) is 5.11 Å². The van der Waals surface area contributed by atoms with E-state index in [0.717, 1.165) is 10.9 Å². The number of phenolic OH excluding ortho intramolecular Hbond substituents is 1. The fraction of sp³-hybridized carbons (Fsp3) is 0.167. The van der Waals surface area contributed by atoms with Gasteiger partial charge in [0.25, 0.3) is 5.89 Å². The van der Waals surface area contributed by atoms with E-state index in [0.29, 0.717) is 17.4 Å². The minimum atomic E-state index is -0.268. The van der Waals surface area contributed by atoms with Gasteiger partial charge in [0, 0.05) is 10.9 Å². The summed E-state index contributed by atoms with van der Waals surface area (Å²) < 4.78 is 5.14. The number of nitrogens with one attached hydrogen (secondary N) is 1. The van der Waals surface area contributed by atoms with Gasteiger partial charge < -0.3 is 20.3 Å². The second-order valence-electron chi connectivity index (χ2n) is 4.20. The van der Waals surface area contributed by atoms with Crippen molar-refractivity contribution in [1.29, 1.82) is 0 Å². The normalized spacial score (nSPS) is 13.0. The van der Waals surface area contributed by atoms with E-state index in [-0.39, 0.29) is 11.8 Å². The van der Waals surface area contributed by atoms with E-state index in [1.807, 2.05) is 6.07 Å². The predicted octanol–water partition coefficient (Wildman–Crippen LogP) is 1.94. The SMILES string of the molecule is CC(N)c1noc(-c2cc3cc(O)ccc3[nH]2)n1. The van der Waals surface area contributed by atoms with E-state index < -0.39 is 0 Å². The molecule has 3 rings (SSSR count). The molecule has 0 fully saturated rings. The maximum atomic E-state index is 9.41. The van der Waals surface area contributed by atoms with Gasteiger partial charge in [-0.15, -0.1) is 0 Å². The number of nitrogens with zero attached hydrogens (tertiary/aromatic N) is 2. The highest BCUT2D eigenvalue weighted by molar-refractivity contribution is 5.85. The molecular weight excluding hydrogens is 232 g/mol. The van der Waals surface area contributed by atoms with Crippen LogP contribution in [0.2, 0.25) is 0 Å². The van der Waals surface area contributed by atoms with Gasteiger partial charge in [-0.05, 0) is 31.2 Å². The Balaban J connectivity index is 2.07. The molecule has 1 aromatic carbocycles. The second kappa shape index (κ2) is 3.85. The molecule has 2 heterocycles. The summed E-state index contributed by atoms with van der Waals surface area (Å²) in [4.78, 5) is 7.34. The quantitative estimate of drug-likeness (QED) is 0.639. The van der Waals surface area contributed by atoms with E-state index in [4.69, 9.17) is 10.3 Å². The molecule has 0 spiro atoms. The standard InChI is InChI=1S/C12H12N4O2/c1-6(13)11-15-12(18-16-11)10-5-7-4-8(17)2-3-9(7)14-10/h2-6,14,17H,13H2,1H3. The van der Waals surface area contributed by atoms with Crippen molar-refractivity contribution in [2.45, 2.75) is 13.0 Å². The fourth-order valence-electron chi connectivity index (χ4n) is 1.76. The van der Waals surface area contributed by atoms with E-state index in [1.54, 1.807) is 25.1 Å². The summed E-state index contributed by atoms with van der Waals surface area (Å²) in [5.41, 5.74) is 7.27. The Morgan fingerprint density at radius 1 is 1.39 bits per heavy atom. The highest BCUT2D eigenvalue weighted by atomic mass is 16.5. The molecule has 0 aliphatic heterocycles. The molecule has 0 bridgehead atoms. The number of hydrogen-bond donors (Lipinski definition) is 3. The summed E-state index contributed by atoms with van der Waals surface area (Å²) in [6.45, 7) is 1.79. The molecule has 0 radical (unpaired) electrons. The van der Waals surface area contributed by atoms with Crippen molar-refractivity contribution in [2.24, 2.45) is 5.73 Å². The summed E-state index contributed by atoms with van der Waals surface area (Å²) >= 11 is 0. The van der Waals surface area contributed by atoms with Crippen molar-refractivity contribution in [3.63, 3.8) is 0 Å². The number of aromatic nitrogens is 3. The van der Waals surface area contributed by atoms with E-state index >= 15 is 0 Å². The highest BCUT2D eigenvalue weighted by Crippen LogP contribution is 2.26. The lowest BCUT2D eigenvalue weighted by molar-refractivity contribution is 0.417. The van der Waals surface area contributed by atoms with Crippen molar-refractivity contribution in [3.05, 3.63) is 30.1 Å². The molecule has 0 amide bonds. The lowest BCUT2D eigenvalue weighted by atomic mass is 10.2. The Bertz CT molecular complexity index is 699. The van der Waals surface area contributed by atoms with E-state index in [1.165, 1.54) is 0 Å². The Kier molecular flexibility index (Phi) is 2.31. The van der Waals surface area contributed by atoms with Crippen LogP contribution in [0.15, 0.2) is 28.8 Å². The van der Waals surface area contributed by atoms with Crippen molar-refractivity contribution in [2.75, 3.05) is 0 Å². The van der Waals surface area contributed by atoms with Crippen LogP contribution in [0.5, 0.6) is 5.75 Å². The first kappa shape index (κ1) is 10.8. The minimum Gasteiger partial charge on any atom is -0.508 e. The molecule has 4 N–H and O–H groups in total. The monoisotopic (exact) mass is 244 g/mol. The molecule has 2 aromatic heterocycles. The van der Waals surface area contributed by atoms with Crippen LogP contribution in [0.3, 0.4) is 0 Å². The maximum absolute atomic E-state index is 9.41. The van der Waals surface area contributed by atoms with Crippen LogP contribution in [0.4, 0.5) is 0 Å². The van der Waals surface area contributed by atoms with Gasteiger partial charge in [0.15, 0.2) is 5.82 Å². The summed E-state index contributed by atoms with van der Waals surface area (Å²) in [7, 11) is 0. The lowest BCUT2D eigenvalue weighted by Gasteiger charge is -1.92. The number of nitrogens with two attached hydrogens (primary N) is 1. The van der Waals surface area contributed by atoms with Gasteiger partial charge in [-0.25, -0.2) is 0 Å². The molecule has 0 saturated heterocycles. The summed E-state index contributed by atoms with van der Waals surface area (Å²) in [6.07, 6.45) is 0. The van der Waals surface area contributed by atoms with Gasteiger partial charge in [0.05, 0.1) is 6.04 Å². The Labute approximate surface area is 102 Å². The summed E-state index contributed by atoms with van der Waals surface area (Å²) in [6, 6.07) is 6.64. The first-order valence-electron chi connectivity index (χ1n) is 5.55. The third-order valence-electron chi connectivity index (χ3n) is 2.68. The zero-order chi connectivity index (χ0) is 12.7. The molecule has 0 aliphatic carbocycles. The number of H-pyrrole nitrogens is 1. The first-order chi connectivity index (χ1) is 8.63. The molecule has 18 heavy (non-hydrogen) atoms. The zero-order valence-corrected chi connectivity index (χ0v) is 9.71. The van der Waals surface area contributed by atoms with Crippen LogP contribution < -0.4 is 5.73 Å². The van der Waals surface area contributed by atoms with Crippen LogP contribution in [-0.4, -0.2) is 20.2 Å². The Hall–Kier alpha value is -2.34. The van der Waals surface area contributed by atoms with Crippen LogP contribution >= 0.6 is 0 Å². The number of phenols is 1. The number of fused-ring (bicyclic) bond motifs is 1.